The number of hydrogen-bond acceptors (Lipinski definition) is 3. The first-order valence-electron chi connectivity index (χ1n) is 9.77. The highest BCUT2D eigenvalue weighted by atomic mass is 16.5. The number of amides is 1. The molecule has 5 nitrogen and oxygen atoms in total. The molecule has 0 atom stereocenters. The first-order chi connectivity index (χ1) is 12.8. The second kappa shape index (κ2) is 7.52. The van der Waals surface area contributed by atoms with Crippen LogP contribution in [-0.2, 0) is 19.4 Å². The Labute approximate surface area is 154 Å². The van der Waals surface area contributed by atoms with Gasteiger partial charge in [0.1, 0.15) is 5.75 Å². The fourth-order valence-electron chi connectivity index (χ4n) is 4.31. The number of hydrogen-bond donors (Lipinski definition) is 1. The largest absolute Gasteiger partial charge is 0.497 e. The van der Waals surface area contributed by atoms with E-state index in [1.54, 1.807) is 19.2 Å². The van der Waals surface area contributed by atoms with Gasteiger partial charge in [-0.3, -0.25) is 9.48 Å². The third-order valence-corrected chi connectivity index (χ3v) is 5.73. The molecule has 1 aromatic carbocycles. The molecule has 0 unspecified atom stereocenters. The van der Waals surface area contributed by atoms with Crippen LogP contribution in [0.15, 0.2) is 24.3 Å². The van der Waals surface area contributed by atoms with Crippen molar-refractivity contribution in [3.63, 3.8) is 0 Å². The Morgan fingerprint density at radius 2 is 1.88 bits per heavy atom. The van der Waals surface area contributed by atoms with Crippen LogP contribution in [0.1, 0.15) is 71.9 Å². The molecule has 4 rings (SSSR count). The molecule has 1 aromatic heterocycles. The lowest BCUT2D eigenvalue weighted by Gasteiger charge is -2.18. The van der Waals surface area contributed by atoms with Gasteiger partial charge in [0, 0.05) is 11.3 Å². The lowest BCUT2D eigenvalue weighted by molar-refractivity contribution is 0.0950. The SMILES string of the molecule is COc1ccc(C(=O)NCc2nn(C3CCCC3)c3c2CCCC3)cc1. The van der Waals surface area contributed by atoms with Crippen LogP contribution in [0.4, 0.5) is 0 Å². The van der Waals surface area contributed by atoms with Gasteiger partial charge >= 0.3 is 0 Å². The number of fused-ring (bicyclic) bond motifs is 1. The van der Waals surface area contributed by atoms with E-state index >= 15 is 0 Å². The normalized spacial score (nSPS) is 17.1. The van der Waals surface area contributed by atoms with Crippen LogP contribution < -0.4 is 10.1 Å². The molecular weight excluding hydrogens is 326 g/mol. The molecule has 0 spiro atoms. The van der Waals surface area contributed by atoms with Gasteiger partial charge in [-0.1, -0.05) is 12.8 Å². The molecule has 1 fully saturated rings. The lowest BCUT2D eigenvalue weighted by atomic mass is 9.95. The van der Waals surface area contributed by atoms with Crippen LogP contribution in [0.25, 0.3) is 0 Å². The number of ether oxygens (including phenoxy) is 1. The third-order valence-electron chi connectivity index (χ3n) is 5.73. The Balaban J connectivity index is 1.49. The maximum atomic E-state index is 12.5. The predicted octanol–water partition coefficient (Wildman–Crippen LogP) is 3.82. The van der Waals surface area contributed by atoms with E-state index in [-0.39, 0.29) is 5.91 Å². The van der Waals surface area contributed by atoms with E-state index in [9.17, 15) is 4.79 Å². The average molecular weight is 353 g/mol. The van der Waals surface area contributed by atoms with Gasteiger partial charge in [0.05, 0.1) is 25.4 Å². The molecule has 2 aromatic rings. The van der Waals surface area contributed by atoms with E-state index in [1.807, 2.05) is 12.1 Å². The number of methoxy groups -OCH3 is 1. The molecule has 0 radical (unpaired) electrons. The van der Waals surface area contributed by atoms with Crippen LogP contribution in [0.5, 0.6) is 5.75 Å². The first kappa shape index (κ1) is 17.1. The van der Waals surface area contributed by atoms with E-state index in [0.29, 0.717) is 18.2 Å². The molecule has 5 heteroatoms. The van der Waals surface area contributed by atoms with Crippen LogP contribution in [-0.4, -0.2) is 22.8 Å². The molecule has 0 aliphatic heterocycles. The van der Waals surface area contributed by atoms with Gasteiger partial charge in [-0.15, -0.1) is 0 Å². The topological polar surface area (TPSA) is 56.1 Å². The predicted molar refractivity (Wildman–Crippen MR) is 101 cm³/mol. The van der Waals surface area contributed by atoms with Crippen molar-refractivity contribution in [3.05, 3.63) is 46.8 Å². The van der Waals surface area contributed by atoms with Crippen molar-refractivity contribution in [2.75, 3.05) is 7.11 Å². The minimum atomic E-state index is -0.0624. The highest BCUT2D eigenvalue weighted by molar-refractivity contribution is 5.94. The number of nitrogens with zero attached hydrogens (tertiary/aromatic N) is 2. The van der Waals surface area contributed by atoms with Crippen molar-refractivity contribution in [1.29, 1.82) is 0 Å². The van der Waals surface area contributed by atoms with Crippen LogP contribution >= 0.6 is 0 Å². The highest BCUT2D eigenvalue weighted by Crippen LogP contribution is 2.34. The molecule has 2 aliphatic carbocycles. The minimum absolute atomic E-state index is 0.0624. The standard InChI is InChI=1S/C21H27N3O2/c1-26-17-12-10-15(11-13-17)21(25)22-14-19-18-8-4-5-9-20(18)24(23-19)16-6-2-3-7-16/h10-13,16H,2-9,14H2,1H3,(H,22,25). The molecule has 0 saturated heterocycles. The zero-order chi connectivity index (χ0) is 17.9. The quantitative estimate of drug-likeness (QED) is 0.889. The summed E-state index contributed by atoms with van der Waals surface area (Å²) < 4.78 is 7.45. The average Bonchev–Trinajstić information content (AvgIpc) is 3.34. The van der Waals surface area contributed by atoms with Crippen LogP contribution in [0, 0.1) is 0 Å². The van der Waals surface area contributed by atoms with E-state index in [2.05, 4.69) is 10.00 Å². The zero-order valence-corrected chi connectivity index (χ0v) is 15.5. The van der Waals surface area contributed by atoms with E-state index in [4.69, 9.17) is 9.84 Å². The molecule has 1 N–H and O–H groups in total. The number of carbonyl (C=O) groups is 1. The molecule has 1 amide bonds. The van der Waals surface area contributed by atoms with Crippen LogP contribution in [0.3, 0.4) is 0 Å². The molecular formula is C21H27N3O2. The van der Waals surface area contributed by atoms with E-state index in [1.165, 1.54) is 49.8 Å². The Bertz CT molecular complexity index is 773. The Hall–Kier alpha value is -2.30. The van der Waals surface area contributed by atoms with Crippen molar-refractivity contribution in [3.8, 4) is 5.75 Å². The molecule has 0 bridgehead atoms. The number of benzene rings is 1. The summed E-state index contributed by atoms with van der Waals surface area (Å²) in [6.07, 6.45) is 9.80. The minimum Gasteiger partial charge on any atom is -0.497 e. The number of rotatable bonds is 5. The summed E-state index contributed by atoms with van der Waals surface area (Å²) in [6, 6.07) is 7.77. The van der Waals surface area contributed by atoms with Gasteiger partial charge in [0.2, 0.25) is 0 Å². The zero-order valence-electron chi connectivity index (χ0n) is 15.5. The Morgan fingerprint density at radius 1 is 1.15 bits per heavy atom. The maximum Gasteiger partial charge on any atom is 0.251 e. The van der Waals surface area contributed by atoms with Crippen molar-refractivity contribution in [1.82, 2.24) is 15.1 Å². The van der Waals surface area contributed by atoms with Crippen molar-refractivity contribution in [2.24, 2.45) is 0 Å². The fraction of sp³-hybridized carbons (Fsp3) is 0.524. The fourth-order valence-corrected chi connectivity index (χ4v) is 4.31. The molecule has 26 heavy (non-hydrogen) atoms. The van der Waals surface area contributed by atoms with Gasteiger partial charge in [0.15, 0.2) is 0 Å². The molecule has 138 valence electrons. The van der Waals surface area contributed by atoms with Gasteiger partial charge in [-0.25, -0.2) is 0 Å². The Morgan fingerprint density at radius 3 is 2.62 bits per heavy atom. The second-order valence-corrected chi connectivity index (χ2v) is 7.37. The lowest BCUT2D eigenvalue weighted by Crippen LogP contribution is -2.23. The summed E-state index contributed by atoms with van der Waals surface area (Å²) in [7, 11) is 1.62. The highest BCUT2D eigenvalue weighted by Gasteiger charge is 2.26. The van der Waals surface area contributed by atoms with Crippen LogP contribution in [0.2, 0.25) is 0 Å². The summed E-state index contributed by atoms with van der Waals surface area (Å²) in [5.41, 5.74) is 4.53. The van der Waals surface area contributed by atoms with Gasteiger partial charge in [-0.05, 0) is 68.4 Å². The smallest absolute Gasteiger partial charge is 0.251 e. The molecule has 2 aliphatic rings. The maximum absolute atomic E-state index is 12.5. The number of nitrogens with one attached hydrogen (secondary N) is 1. The molecule has 1 heterocycles. The first-order valence-corrected chi connectivity index (χ1v) is 9.77. The van der Waals surface area contributed by atoms with E-state index < -0.39 is 0 Å². The van der Waals surface area contributed by atoms with Crippen molar-refractivity contribution < 1.29 is 9.53 Å². The summed E-state index contributed by atoms with van der Waals surface area (Å²) in [4.78, 5) is 12.5. The Kier molecular flexibility index (Phi) is 4.96. The summed E-state index contributed by atoms with van der Waals surface area (Å²) in [5, 5.41) is 8.00. The molecule has 1 saturated carbocycles. The van der Waals surface area contributed by atoms with Gasteiger partial charge in [-0.2, -0.15) is 5.10 Å². The van der Waals surface area contributed by atoms with Crippen molar-refractivity contribution >= 4 is 5.91 Å². The number of carbonyl (C=O) groups excluding carboxylic acids is 1. The second-order valence-electron chi connectivity index (χ2n) is 7.37. The summed E-state index contributed by atoms with van der Waals surface area (Å²) in [5.74, 6) is 0.693. The third kappa shape index (κ3) is 3.35. The van der Waals surface area contributed by atoms with Gasteiger partial charge < -0.3 is 10.1 Å². The summed E-state index contributed by atoms with van der Waals surface area (Å²) >= 11 is 0. The van der Waals surface area contributed by atoms with Gasteiger partial charge in [0.25, 0.3) is 5.91 Å². The summed E-state index contributed by atoms with van der Waals surface area (Å²) in [6.45, 7) is 0.507. The monoisotopic (exact) mass is 353 g/mol. The van der Waals surface area contributed by atoms with Crippen molar-refractivity contribution in [2.45, 2.75) is 64.0 Å². The van der Waals surface area contributed by atoms with E-state index in [0.717, 1.165) is 24.3 Å². The number of aromatic nitrogens is 2.